The molecule has 3 aromatic rings. The molecule has 1 saturated heterocycles. The molecule has 2 atom stereocenters. The third kappa shape index (κ3) is 7.20. The van der Waals surface area contributed by atoms with Crippen molar-refractivity contribution in [2.45, 2.75) is 43.4 Å². The van der Waals surface area contributed by atoms with Crippen LogP contribution in [0.5, 0.6) is 5.75 Å². The Morgan fingerprint density at radius 3 is 2.86 bits per heavy atom. The van der Waals surface area contributed by atoms with Crippen LogP contribution >= 0.6 is 11.8 Å². The van der Waals surface area contributed by atoms with Crippen molar-refractivity contribution >= 4 is 28.6 Å². The van der Waals surface area contributed by atoms with Crippen LogP contribution < -0.4 is 4.74 Å². The summed E-state index contributed by atoms with van der Waals surface area (Å²) in [4.78, 5) is 18.9. The van der Waals surface area contributed by atoms with Crippen LogP contribution in [0.15, 0.2) is 59.6 Å². The summed E-state index contributed by atoms with van der Waals surface area (Å²) in [5.41, 5.74) is 2.26. The average Bonchev–Trinajstić information content (AvgIpc) is 2.89. The Morgan fingerprint density at radius 2 is 2.06 bits per heavy atom. The van der Waals surface area contributed by atoms with Crippen LogP contribution in [0.3, 0.4) is 0 Å². The molecule has 1 aliphatic heterocycles. The predicted molar refractivity (Wildman–Crippen MR) is 143 cm³/mol. The van der Waals surface area contributed by atoms with E-state index in [0.717, 1.165) is 67.7 Å². The highest BCUT2D eigenvalue weighted by Crippen LogP contribution is 2.33. The third-order valence-corrected chi connectivity index (χ3v) is 8.30. The number of hydrogen-bond donors (Lipinski definition) is 1. The van der Waals surface area contributed by atoms with Crippen molar-refractivity contribution in [2.24, 2.45) is 11.8 Å². The number of aryl methyl sites for hydroxylation is 1. The number of nitrogens with zero attached hydrogens (tertiary/aromatic N) is 2. The number of ether oxygens (including phenoxy) is 1. The number of thioether (sulfide) groups is 1. The second kappa shape index (κ2) is 13.1. The quantitative estimate of drug-likeness (QED) is 0.289. The van der Waals surface area contributed by atoms with Crippen LogP contribution in [-0.2, 0) is 11.2 Å². The summed E-state index contributed by atoms with van der Waals surface area (Å²) in [5, 5.41) is 10.4. The van der Waals surface area contributed by atoms with E-state index in [2.05, 4.69) is 22.0 Å². The molecule has 0 spiro atoms. The topological polar surface area (TPSA) is 62.7 Å². The lowest BCUT2D eigenvalue weighted by molar-refractivity contribution is -0.137. The molecule has 2 heterocycles. The maximum Gasteiger partial charge on any atom is 0.303 e. The zero-order valence-corrected chi connectivity index (χ0v) is 21.7. The number of carbonyl (C=O) groups is 1. The average molecular weight is 511 g/mol. The Balaban J connectivity index is 1.32. The minimum Gasteiger partial charge on any atom is -0.497 e. The molecule has 0 radical (unpaired) electrons. The molecule has 192 valence electrons. The molecular weight excluding hydrogens is 475 g/mol. The van der Waals surface area contributed by atoms with Gasteiger partial charge in [0.25, 0.3) is 0 Å². The van der Waals surface area contributed by atoms with Gasteiger partial charge in [0.15, 0.2) is 0 Å². The molecule has 0 amide bonds. The van der Waals surface area contributed by atoms with E-state index < -0.39 is 5.97 Å². The number of fused-ring (bicyclic) bond motifs is 1. The van der Waals surface area contributed by atoms with Crippen molar-refractivity contribution in [3.8, 4) is 5.75 Å². The van der Waals surface area contributed by atoms with E-state index in [1.807, 2.05) is 30.5 Å². The number of methoxy groups -OCH3 is 1. The van der Waals surface area contributed by atoms with Gasteiger partial charge in [0, 0.05) is 41.7 Å². The lowest BCUT2D eigenvalue weighted by Gasteiger charge is -2.39. The monoisotopic (exact) mass is 510 g/mol. The number of hydrogen-bond acceptors (Lipinski definition) is 5. The van der Waals surface area contributed by atoms with E-state index in [9.17, 15) is 14.3 Å². The van der Waals surface area contributed by atoms with E-state index in [1.54, 1.807) is 24.9 Å². The van der Waals surface area contributed by atoms with Crippen molar-refractivity contribution in [3.05, 3.63) is 66.1 Å². The number of aliphatic carboxylic acids is 1. The highest BCUT2D eigenvalue weighted by Gasteiger charge is 2.29. The van der Waals surface area contributed by atoms with Gasteiger partial charge in [-0.2, -0.15) is 0 Å². The first kappa shape index (κ1) is 26.4. The summed E-state index contributed by atoms with van der Waals surface area (Å²) in [5.74, 6) is 1.69. The van der Waals surface area contributed by atoms with Crippen molar-refractivity contribution in [3.63, 3.8) is 0 Å². The number of likely N-dealkylation sites (tertiary alicyclic amines) is 1. The smallest absolute Gasteiger partial charge is 0.303 e. The summed E-state index contributed by atoms with van der Waals surface area (Å²) in [7, 11) is 1.68. The minimum atomic E-state index is -0.724. The molecule has 0 saturated carbocycles. The lowest BCUT2D eigenvalue weighted by atomic mass is 9.79. The number of piperidine rings is 1. The van der Waals surface area contributed by atoms with E-state index in [0.29, 0.717) is 23.2 Å². The second-order valence-electron chi connectivity index (χ2n) is 9.57. The standard InChI is InChI=1S/C29H35FN2O3S/c1-35-24-10-11-27-25(19-24)22(13-15-31-27)6-4-5-21-14-16-32(20-23(21)9-12-29(33)34)17-18-36-28-8-3-2-7-26(28)30/h2-3,7-8,10-11,13,15,19,21,23H,4-6,9,12,14,16-18,20H2,1H3,(H,33,34)/t21-,23+/m1/s1. The molecule has 2 aromatic carbocycles. The zero-order valence-electron chi connectivity index (χ0n) is 20.9. The largest absolute Gasteiger partial charge is 0.497 e. The normalized spacial score (nSPS) is 18.4. The van der Waals surface area contributed by atoms with Crippen molar-refractivity contribution in [2.75, 3.05) is 32.5 Å². The van der Waals surface area contributed by atoms with Gasteiger partial charge in [-0.25, -0.2) is 4.39 Å². The van der Waals surface area contributed by atoms with E-state index in [-0.39, 0.29) is 12.2 Å². The molecule has 7 heteroatoms. The summed E-state index contributed by atoms with van der Waals surface area (Å²) < 4.78 is 19.3. The Kier molecular flexibility index (Phi) is 9.59. The molecule has 1 aliphatic rings. The lowest BCUT2D eigenvalue weighted by Crippen LogP contribution is -2.41. The SMILES string of the molecule is COc1ccc2nccc(CCC[C@@H]3CCN(CCSc4ccccc4F)C[C@@H]3CCC(=O)O)c2c1. The van der Waals surface area contributed by atoms with Crippen LogP contribution in [0.4, 0.5) is 4.39 Å². The first-order chi connectivity index (χ1) is 17.5. The molecule has 1 N–H and O–H groups in total. The Labute approximate surface area is 217 Å². The Morgan fingerprint density at radius 1 is 1.19 bits per heavy atom. The van der Waals surface area contributed by atoms with Crippen LogP contribution in [-0.4, -0.2) is 53.5 Å². The fraction of sp³-hybridized carbons (Fsp3) is 0.448. The highest BCUT2D eigenvalue weighted by atomic mass is 32.2. The van der Waals surface area contributed by atoms with Gasteiger partial charge < -0.3 is 14.7 Å². The van der Waals surface area contributed by atoms with Crippen LogP contribution in [0.25, 0.3) is 10.9 Å². The third-order valence-electron chi connectivity index (χ3n) is 7.27. The van der Waals surface area contributed by atoms with Gasteiger partial charge in [0.2, 0.25) is 0 Å². The fourth-order valence-electron chi connectivity index (χ4n) is 5.30. The Hall–Kier alpha value is -2.64. The summed E-state index contributed by atoms with van der Waals surface area (Å²) >= 11 is 1.55. The van der Waals surface area contributed by atoms with Gasteiger partial charge in [-0.15, -0.1) is 11.8 Å². The Bertz CT molecular complexity index is 1160. The second-order valence-corrected chi connectivity index (χ2v) is 10.7. The molecular formula is C29H35FN2O3S. The van der Waals surface area contributed by atoms with Crippen LogP contribution in [0, 0.1) is 17.7 Å². The molecule has 1 aromatic heterocycles. The van der Waals surface area contributed by atoms with Gasteiger partial charge in [-0.05, 0) is 92.4 Å². The summed E-state index contributed by atoms with van der Waals surface area (Å²) in [6.45, 7) is 2.83. The highest BCUT2D eigenvalue weighted by molar-refractivity contribution is 7.99. The van der Waals surface area contributed by atoms with Gasteiger partial charge in [-0.3, -0.25) is 9.78 Å². The first-order valence-corrected chi connectivity index (χ1v) is 13.7. The van der Waals surface area contributed by atoms with E-state index in [1.165, 1.54) is 11.6 Å². The maximum absolute atomic E-state index is 13.9. The molecule has 1 fully saturated rings. The number of halogens is 1. The molecule has 36 heavy (non-hydrogen) atoms. The summed E-state index contributed by atoms with van der Waals surface area (Å²) in [6, 6.07) is 15.0. The minimum absolute atomic E-state index is 0.166. The molecule has 4 rings (SSSR count). The van der Waals surface area contributed by atoms with Crippen molar-refractivity contribution < 1.29 is 19.0 Å². The number of benzene rings is 2. The van der Waals surface area contributed by atoms with Crippen LogP contribution in [0.1, 0.15) is 37.7 Å². The predicted octanol–water partition coefficient (Wildman–Crippen LogP) is 6.30. The number of carboxylic acids is 1. The fourth-order valence-corrected chi connectivity index (χ4v) is 6.25. The summed E-state index contributed by atoms with van der Waals surface area (Å²) in [6.07, 6.45) is 7.01. The van der Waals surface area contributed by atoms with Gasteiger partial charge in [-0.1, -0.05) is 12.1 Å². The number of rotatable bonds is 12. The molecule has 0 unspecified atom stereocenters. The van der Waals surface area contributed by atoms with Gasteiger partial charge in [0.1, 0.15) is 11.6 Å². The van der Waals surface area contributed by atoms with Gasteiger partial charge in [0.05, 0.1) is 12.6 Å². The van der Waals surface area contributed by atoms with Gasteiger partial charge >= 0.3 is 5.97 Å². The van der Waals surface area contributed by atoms with E-state index >= 15 is 0 Å². The molecule has 0 aliphatic carbocycles. The number of pyridine rings is 1. The van der Waals surface area contributed by atoms with Crippen molar-refractivity contribution in [1.29, 1.82) is 0 Å². The number of aromatic nitrogens is 1. The molecule has 0 bridgehead atoms. The van der Waals surface area contributed by atoms with E-state index in [4.69, 9.17) is 4.74 Å². The van der Waals surface area contributed by atoms with Crippen molar-refractivity contribution in [1.82, 2.24) is 9.88 Å². The molecule has 5 nitrogen and oxygen atoms in total. The maximum atomic E-state index is 13.9. The van der Waals surface area contributed by atoms with Crippen LogP contribution in [0.2, 0.25) is 0 Å². The first-order valence-electron chi connectivity index (χ1n) is 12.8. The zero-order chi connectivity index (χ0) is 25.3. The number of carboxylic acid groups (broad SMARTS) is 1.